The molecule has 1 fully saturated rings. The van der Waals surface area contributed by atoms with Gasteiger partial charge >= 0.3 is 6.03 Å². The second-order valence-corrected chi connectivity index (χ2v) is 5.97. The van der Waals surface area contributed by atoms with Crippen molar-refractivity contribution in [3.05, 3.63) is 30.1 Å². The lowest BCUT2D eigenvalue weighted by atomic mass is 9.94. The van der Waals surface area contributed by atoms with Crippen LogP contribution in [0.5, 0.6) is 0 Å². The number of para-hydroxylation sites is 2. The van der Waals surface area contributed by atoms with Gasteiger partial charge < -0.3 is 20.9 Å². The molecule has 1 aromatic carbocycles. The van der Waals surface area contributed by atoms with Crippen LogP contribution < -0.4 is 11.1 Å². The van der Waals surface area contributed by atoms with Crippen molar-refractivity contribution >= 4 is 23.0 Å². The largest absolute Gasteiger partial charge is 0.352 e. The van der Waals surface area contributed by atoms with Gasteiger partial charge in [0.05, 0.1) is 17.6 Å². The van der Waals surface area contributed by atoms with Crippen molar-refractivity contribution in [1.82, 2.24) is 20.2 Å². The van der Waals surface area contributed by atoms with E-state index in [0.717, 1.165) is 42.7 Å². The van der Waals surface area contributed by atoms with Gasteiger partial charge in [-0.15, -0.1) is 0 Å². The Balaban J connectivity index is 1.59. The molecular weight excluding hydrogens is 294 g/mol. The number of H-pyrrole nitrogens is 1. The summed E-state index contributed by atoms with van der Waals surface area (Å²) in [6.45, 7) is 1.39. The van der Waals surface area contributed by atoms with Gasteiger partial charge in [0.25, 0.3) is 0 Å². The molecule has 0 unspecified atom stereocenters. The van der Waals surface area contributed by atoms with E-state index in [4.69, 9.17) is 5.73 Å². The third-order valence-electron chi connectivity index (χ3n) is 4.21. The van der Waals surface area contributed by atoms with E-state index in [1.54, 1.807) is 4.90 Å². The number of nitrogens with zero attached hydrogens (tertiary/aromatic N) is 2. The number of nitrogens with one attached hydrogen (secondary N) is 2. The van der Waals surface area contributed by atoms with Crippen molar-refractivity contribution in [3.8, 4) is 0 Å². The Labute approximate surface area is 134 Å². The minimum atomic E-state index is -0.672. The molecule has 0 bridgehead atoms. The molecule has 4 N–H and O–H groups in total. The van der Waals surface area contributed by atoms with E-state index in [1.165, 1.54) is 0 Å². The predicted octanol–water partition coefficient (Wildman–Crippen LogP) is 1.01. The van der Waals surface area contributed by atoms with Crippen molar-refractivity contribution in [1.29, 1.82) is 0 Å². The number of hydrogen-bond acceptors (Lipinski definition) is 3. The lowest BCUT2D eigenvalue weighted by molar-refractivity contribution is -0.131. The van der Waals surface area contributed by atoms with Crippen LogP contribution in [0.2, 0.25) is 0 Å². The maximum Gasteiger partial charge on any atom is 0.312 e. The Bertz CT molecular complexity index is 678. The van der Waals surface area contributed by atoms with Gasteiger partial charge in [-0.1, -0.05) is 12.1 Å². The van der Waals surface area contributed by atoms with Crippen LogP contribution in [0.15, 0.2) is 24.3 Å². The Morgan fingerprint density at radius 2 is 2.22 bits per heavy atom. The maximum absolute atomic E-state index is 12.1. The van der Waals surface area contributed by atoms with Crippen LogP contribution in [0.4, 0.5) is 4.79 Å². The van der Waals surface area contributed by atoms with Gasteiger partial charge in [-0.05, 0) is 30.9 Å². The average Bonchev–Trinajstić information content (AvgIpc) is 2.95. The number of aromatic amines is 1. The quantitative estimate of drug-likeness (QED) is 0.784. The van der Waals surface area contributed by atoms with E-state index in [2.05, 4.69) is 15.3 Å². The summed E-state index contributed by atoms with van der Waals surface area (Å²) in [6, 6.07) is 7.28. The molecule has 7 nitrogen and oxygen atoms in total. The number of imidazole rings is 1. The lowest BCUT2D eigenvalue weighted by Crippen LogP contribution is -2.46. The fourth-order valence-corrected chi connectivity index (χ4v) is 3.11. The van der Waals surface area contributed by atoms with Crippen molar-refractivity contribution in [2.75, 3.05) is 19.6 Å². The van der Waals surface area contributed by atoms with E-state index >= 15 is 0 Å². The Morgan fingerprint density at radius 1 is 1.39 bits per heavy atom. The standard InChI is InChI=1S/C16H21N5O2/c17-16(23)18-9-15(22)21-7-3-4-11(10-21)8-14-19-12-5-1-2-6-13(12)20-14/h1-2,5-6,11H,3-4,7-10H2,(H,19,20)(H3,17,18,23)/t11-/m1/s1. The molecule has 0 spiro atoms. The van der Waals surface area contributed by atoms with Crippen molar-refractivity contribution < 1.29 is 9.59 Å². The summed E-state index contributed by atoms with van der Waals surface area (Å²) in [5.41, 5.74) is 7.01. The zero-order valence-electron chi connectivity index (χ0n) is 12.9. The number of fused-ring (bicyclic) bond motifs is 1. The lowest BCUT2D eigenvalue weighted by Gasteiger charge is -2.32. The molecule has 122 valence electrons. The van der Waals surface area contributed by atoms with Crippen molar-refractivity contribution in [2.24, 2.45) is 11.7 Å². The van der Waals surface area contributed by atoms with Crippen molar-refractivity contribution in [3.63, 3.8) is 0 Å². The van der Waals surface area contributed by atoms with Gasteiger partial charge in [0.1, 0.15) is 5.82 Å². The summed E-state index contributed by atoms with van der Waals surface area (Å²) in [6.07, 6.45) is 2.86. The number of likely N-dealkylation sites (tertiary alicyclic amines) is 1. The highest BCUT2D eigenvalue weighted by Crippen LogP contribution is 2.21. The first-order valence-corrected chi connectivity index (χ1v) is 7.86. The number of rotatable bonds is 4. The summed E-state index contributed by atoms with van der Waals surface area (Å²) in [7, 11) is 0. The molecule has 3 amide bonds. The van der Waals surface area contributed by atoms with Crippen LogP contribution in [-0.4, -0.2) is 46.4 Å². The molecule has 0 saturated carbocycles. The summed E-state index contributed by atoms with van der Waals surface area (Å²) in [5, 5.41) is 2.35. The molecule has 1 saturated heterocycles. The minimum absolute atomic E-state index is 0.0350. The summed E-state index contributed by atoms with van der Waals surface area (Å²) in [4.78, 5) is 32.5. The number of carbonyl (C=O) groups is 2. The smallest absolute Gasteiger partial charge is 0.312 e. The summed E-state index contributed by atoms with van der Waals surface area (Å²) < 4.78 is 0. The van der Waals surface area contributed by atoms with E-state index < -0.39 is 6.03 Å². The number of piperidine rings is 1. The molecular formula is C16H21N5O2. The minimum Gasteiger partial charge on any atom is -0.352 e. The first-order chi connectivity index (χ1) is 11.1. The highest BCUT2D eigenvalue weighted by molar-refractivity contribution is 5.83. The Morgan fingerprint density at radius 3 is 3.00 bits per heavy atom. The molecule has 1 aliphatic heterocycles. The number of nitrogens with two attached hydrogens (primary N) is 1. The Hall–Kier alpha value is -2.57. The molecule has 0 aliphatic carbocycles. The van der Waals surface area contributed by atoms with Crippen molar-refractivity contribution in [2.45, 2.75) is 19.3 Å². The molecule has 1 aromatic heterocycles. The zero-order chi connectivity index (χ0) is 16.2. The maximum atomic E-state index is 12.1. The van der Waals surface area contributed by atoms with Gasteiger partial charge in [0.2, 0.25) is 5.91 Å². The second kappa shape index (κ2) is 6.68. The third-order valence-corrected chi connectivity index (χ3v) is 4.21. The number of aromatic nitrogens is 2. The van der Waals surface area contributed by atoms with Crippen LogP contribution in [0, 0.1) is 5.92 Å². The van der Waals surface area contributed by atoms with Gasteiger partial charge in [-0.3, -0.25) is 4.79 Å². The van der Waals surface area contributed by atoms with E-state index in [1.807, 2.05) is 24.3 Å². The van der Waals surface area contributed by atoms with Gasteiger partial charge in [0, 0.05) is 19.5 Å². The van der Waals surface area contributed by atoms with Gasteiger partial charge in [-0.2, -0.15) is 0 Å². The molecule has 7 heteroatoms. The highest BCUT2D eigenvalue weighted by atomic mass is 16.2. The molecule has 3 rings (SSSR count). The number of carbonyl (C=O) groups excluding carboxylic acids is 2. The third kappa shape index (κ3) is 3.80. The van der Waals surface area contributed by atoms with E-state index in [0.29, 0.717) is 12.5 Å². The first-order valence-electron chi connectivity index (χ1n) is 7.86. The zero-order valence-corrected chi connectivity index (χ0v) is 12.9. The summed E-state index contributed by atoms with van der Waals surface area (Å²) in [5.74, 6) is 1.25. The van der Waals surface area contributed by atoms with Crippen LogP contribution >= 0.6 is 0 Å². The number of primary amides is 1. The molecule has 1 atom stereocenters. The number of hydrogen-bond donors (Lipinski definition) is 3. The monoisotopic (exact) mass is 315 g/mol. The van der Waals surface area contributed by atoms with Crippen LogP contribution in [0.25, 0.3) is 11.0 Å². The highest BCUT2D eigenvalue weighted by Gasteiger charge is 2.24. The fourth-order valence-electron chi connectivity index (χ4n) is 3.11. The molecule has 2 heterocycles. The molecule has 0 radical (unpaired) electrons. The molecule has 1 aliphatic rings. The van der Waals surface area contributed by atoms with Crippen LogP contribution in [0.1, 0.15) is 18.7 Å². The van der Waals surface area contributed by atoms with Gasteiger partial charge in [-0.25, -0.2) is 9.78 Å². The number of amides is 3. The average molecular weight is 315 g/mol. The van der Waals surface area contributed by atoms with Crippen LogP contribution in [0.3, 0.4) is 0 Å². The SMILES string of the molecule is NC(=O)NCC(=O)N1CCC[C@H](Cc2nc3ccccc3[nH]2)C1. The normalized spacial score (nSPS) is 18.1. The van der Waals surface area contributed by atoms with E-state index in [9.17, 15) is 9.59 Å². The molecule has 23 heavy (non-hydrogen) atoms. The first kappa shape index (κ1) is 15.3. The van der Waals surface area contributed by atoms with E-state index in [-0.39, 0.29) is 12.5 Å². The summed E-state index contributed by atoms with van der Waals surface area (Å²) >= 11 is 0. The molecule has 2 aromatic rings. The topological polar surface area (TPSA) is 104 Å². The Kier molecular flexibility index (Phi) is 4.45. The van der Waals surface area contributed by atoms with Gasteiger partial charge in [0.15, 0.2) is 0 Å². The fraction of sp³-hybridized carbons (Fsp3) is 0.438. The second-order valence-electron chi connectivity index (χ2n) is 5.97. The number of benzene rings is 1. The predicted molar refractivity (Wildman–Crippen MR) is 86.7 cm³/mol. The number of urea groups is 1. The van der Waals surface area contributed by atoms with Crippen LogP contribution in [-0.2, 0) is 11.2 Å².